The number of nitrogens with one attached hydrogen (secondary N) is 1. The first-order chi connectivity index (χ1) is 10.6. The van der Waals surface area contributed by atoms with Crippen LogP contribution in [0.25, 0.3) is 0 Å². The Balaban J connectivity index is 1.94. The predicted octanol–water partition coefficient (Wildman–Crippen LogP) is 5.39. The van der Waals surface area contributed by atoms with Gasteiger partial charge in [0.25, 0.3) is 0 Å². The van der Waals surface area contributed by atoms with Gasteiger partial charge in [0, 0.05) is 5.69 Å². The summed E-state index contributed by atoms with van der Waals surface area (Å²) in [5.41, 5.74) is 3.71. The highest BCUT2D eigenvalue weighted by Gasteiger charge is 2.12. The monoisotopic (exact) mass is 297 g/mol. The third-order valence-electron chi connectivity index (χ3n) is 4.04. The summed E-state index contributed by atoms with van der Waals surface area (Å²) in [5.74, 6) is 1.53. The zero-order chi connectivity index (χ0) is 15.9. The molecule has 2 rings (SSSR count). The predicted molar refractivity (Wildman–Crippen MR) is 94.9 cm³/mol. The van der Waals surface area contributed by atoms with Crippen LogP contribution in [-0.2, 0) is 0 Å². The fraction of sp³-hybridized carbons (Fsp3) is 0.400. The molecular weight excluding hydrogens is 270 g/mol. The molecule has 0 aliphatic heterocycles. The second kappa shape index (κ2) is 7.88. The Morgan fingerprint density at radius 1 is 1.00 bits per heavy atom. The Morgan fingerprint density at radius 3 is 2.36 bits per heavy atom. The summed E-state index contributed by atoms with van der Waals surface area (Å²) in [6, 6.07) is 16.8. The van der Waals surface area contributed by atoms with E-state index in [2.05, 4.69) is 75.5 Å². The van der Waals surface area contributed by atoms with Crippen LogP contribution < -0.4 is 10.1 Å². The number of anilines is 1. The lowest BCUT2D eigenvalue weighted by Crippen LogP contribution is -2.23. The molecule has 118 valence electrons. The fourth-order valence-electron chi connectivity index (χ4n) is 2.41. The van der Waals surface area contributed by atoms with Crippen LogP contribution in [0.3, 0.4) is 0 Å². The van der Waals surface area contributed by atoms with Crippen LogP contribution in [0.2, 0.25) is 0 Å². The summed E-state index contributed by atoms with van der Waals surface area (Å²) in [5, 5.41) is 3.43. The molecule has 2 heteroatoms. The lowest BCUT2D eigenvalue weighted by molar-refractivity contribution is 0.231. The van der Waals surface area contributed by atoms with Crippen LogP contribution in [0.5, 0.6) is 5.75 Å². The fourth-order valence-corrected chi connectivity index (χ4v) is 2.41. The average molecular weight is 297 g/mol. The molecule has 1 N–H and O–H groups in total. The van der Waals surface area contributed by atoms with Gasteiger partial charge in [0.2, 0.25) is 0 Å². The zero-order valence-electron chi connectivity index (χ0n) is 14.1. The van der Waals surface area contributed by atoms with E-state index >= 15 is 0 Å². The van der Waals surface area contributed by atoms with E-state index in [-0.39, 0.29) is 6.10 Å². The van der Waals surface area contributed by atoms with E-state index in [1.54, 1.807) is 0 Å². The Bertz CT molecular complexity index is 577. The lowest BCUT2D eigenvalue weighted by Gasteiger charge is -2.20. The standard InChI is InChI=1S/C20H27NO/c1-5-16(3)19-8-6-7-9-20(19)22-17(4)14-21-18-12-10-15(2)11-13-18/h6-13,16-17,21H,5,14H2,1-4H3. The summed E-state index contributed by atoms with van der Waals surface area (Å²) in [6.07, 6.45) is 1.24. The van der Waals surface area contributed by atoms with Gasteiger partial charge in [-0.25, -0.2) is 0 Å². The minimum atomic E-state index is 0.117. The van der Waals surface area contributed by atoms with E-state index in [4.69, 9.17) is 4.74 Å². The minimum absolute atomic E-state index is 0.117. The van der Waals surface area contributed by atoms with Gasteiger partial charge in [-0.1, -0.05) is 49.7 Å². The molecule has 2 unspecified atom stereocenters. The normalized spacial score (nSPS) is 13.5. The number of para-hydroxylation sites is 1. The highest BCUT2D eigenvalue weighted by Crippen LogP contribution is 2.29. The number of ether oxygens (including phenoxy) is 1. The smallest absolute Gasteiger partial charge is 0.123 e. The van der Waals surface area contributed by atoms with Crippen molar-refractivity contribution in [2.45, 2.75) is 46.1 Å². The Labute approximate surface area is 134 Å². The van der Waals surface area contributed by atoms with Gasteiger partial charge in [0.05, 0.1) is 6.54 Å². The Hall–Kier alpha value is -1.96. The quantitative estimate of drug-likeness (QED) is 0.740. The van der Waals surface area contributed by atoms with Crippen molar-refractivity contribution >= 4 is 5.69 Å². The average Bonchev–Trinajstić information content (AvgIpc) is 2.54. The Kier molecular flexibility index (Phi) is 5.88. The molecule has 0 radical (unpaired) electrons. The van der Waals surface area contributed by atoms with Crippen LogP contribution in [0, 0.1) is 6.92 Å². The minimum Gasteiger partial charge on any atom is -0.489 e. The van der Waals surface area contributed by atoms with E-state index in [0.29, 0.717) is 5.92 Å². The van der Waals surface area contributed by atoms with Gasteiger partial charge in [-0.15, -0.1) is 0 Å². The second-order valence-electron chi connectivity index (χ2n) is 6.02. The maximum atomic E-state index is 6.15. The summed E-state index contributed by atoms with van der Waals surface area (Å²) < 4.78 is 6.15. The number of hydrogen-bond donors (Lipinski definition) is 1. The Morgan fingerprint density at radius 2 is 1.68 bits per heavy atom. The van der Waals surface area contributed by atoms with Crippen molar-refractivity contribution in [3.63, 3.8) is 0 Å². The molecule has 0 bridgehead atoms. The third kappa shape index (κ3) is 4.52. The maximum Gasteiger partial charge on any atom is 0.123 e. The van der Waals surface area contributed by atoms with Crippen molar-refractivity contribution in [3.05, 3.63) is 59.7 Å². The molecule has 0 heterocycles. The molecule has 2 aromatic carbocycles. The van der Waals surface area contributed by atoms with Crippen molar-refractivity contribution in [1.29, 1.82) is 0 Å². The van der Waals surface area contributed by atoms with Gasteiger partial charge in [-0.2, -0.15) is 0 Å². The zero-order valence-corrected chi connectivity index (χ0v) is 14.1. The number of rotatable bonds is 7. The summed E-state index contributed by atoms with van der Waals surface area (Å²) in [6.45, 7) is 9.45. The van der Waals surface area contributed by atoms with Crippen LogP contribution >= 0.6 is 0 Å². The first kappa shape index (κ1) is 16.4. The third-order valence-corrected chi connectivity index (χ3v) is 4.04. The molecule has 0 saturated heterocycles. The van der Waals surface area contributed by atoms with Crippen molar-refractivity contribution in [3.8, 4) is 5.75 Å². The van der Waals surface area contributed by atoms with Crippen LogP contribution in [0.1, 0.15) is 44.2 Å². The van der Waals surface area contributed by atoms with Crippen LogP contribution in [0.4, 0.5) is 5.69 Å². The summed E-state index contributed by atoms with van der Waals surface area (Å²) in [7, 11) is 0. The van der Waals surface area contributed by atoms with Gasteiger partial charge in [-0.05, 0) is 49.9 Å². The van der Waals surface area contributed by atoms with Crippen molar-refractivity contribution in [2.75, 3.05) is 11.9 Å². The van der Waals surface area contributed by atoms with E-state index < -0.39 is 0 Å². The van der Waals surface area contributed by atoms with E-state index in [0.717, 1.165) is 24.4 Å². The SMILES string of the molecule is CCC(C)c1ccccc1OC(C)CNc1ccc(C)cc1. The van der Waals surface area contributed by atoms with Gasteiger partial charge in [0.1, 0.15) is 11.9 Å². The second-order valence-corrected chi connectivity index (χ2v) is 6.02. The van der Waals surface area contributed by atoms with Crippen LogP contribution in [0.15, 0.2) is 48.5 Å². The maximum absolute atomic E-state index is 6.15. The summed E-state index contributed by atoms with van der Waals surface area (Å²) >= 11 is 0. The molecule has 0 fully saturated rings. The molecule has 0 aromatic heterocycles. The molecule has 2 nitrogen and oxygen atoms in total. The molecule has 2 atom stereocenters. The molecule has 0 spiro atoms. The van der Waals surface area contributed by atoms with Crippen molar-refractivity contribution in [2.24, 2.45) is 0 Å². The lowest BCUT2D eigenvalue weighted by atomic mass is 9.98. The highest BCUT2D eigenvalue weighted by molar-refractivity contribution is 5.44. The van der Waals surface area contributed by atoms with Crippen molar-refractivity contribution in [1.82, 2.24) is 0 Å². The van der Waals surface area contributed by atoms with Gasteiger partial charge >= 0.3 is 0 Å². The first-order valence-corrected chi connectivity index (χ1v) is 8.16. The van der Waals surface area contributed by atoms with E-state index in [1.165, 1.54) is 11.1 Å². The van der Waals surface area contributed by atoms with Crippen molar-refractivity contribution < 1.29 is 4.74 Å². The van der Waals surface area contributed by atoms with Gasteiger partial charge in [-0.3, -0.25) is 0 Å². The molecular formula is C20H27NO. The van der Waals surface area contributed by atoms with E-state index in [1.807, 2.05) is 6.07 Å². The topological polar surface area (TPSA) is 21.3 Å². The molecule has 0 amide bonds. The molecule has 0 aliphatic carbocycles. The number of benzene rings is 2. The molecule has 0 aliphatic rings. The first-order valence-electron chi connectivity index (χ1n) is 8.16. The van der Waals surface area contributed by atoms with Gasteiger partial charge in [0.15, 0.2) is 0 Å². The number of aryl methyl sites for hydroxylation is 1. The van der Waals surface area contributed by atoms with Gasteiger partial charge < -0.3 is 10.1 Å². The van der Waals surface area contributed by atoms with Crippen LogP contribution in [-0.4, -0.2) is 12.6 Å². The molecule has 0 saturated carbocycles. The largest absolute Gasteiger partial charge is 0.489 e. The molecule has 2 aromatic rings. The molecule has 22 heavy (non-hydrogen) atoms. The highest BCUT2D eigenvalue weighted by atomic mass is 16.5. The summed E-state index contributed by atoms with van der Waals surface area (Å²) in [4.78, 5) is 0. The number of hydrogen-bond acceptors (Lipinski definition) is 2. The van der Waals surface area contributed by atoms with E-state index in [9.17, 15) is 0 Å².